The van der Waals surface area contributed by atoms with E-state index >= 15 is 0 Å². The topological polar surface area (TPSA) is 122 Å². The van der Waals surface area contributed by atoms with Gasteiger partial charge in [0.15, 0.2) is 0 Å². The summed E-state index contributed by atoms with van der Waals surface area (Å²) in [6, 6.07) is 4.68. The molecule has 1 aromatic carbocycles. The second-order valence-electron chi connectivity index (χ2n) is 8.04. The van der Waals surface area contributed by atoms with Gasteiger partial charge in [0.25, 0.3) is 11.6 Å². The fourth-order valence-corrected chi connectivity index (χ4v) is 3.32. The molecule has 1 aliphatic rings. The molecule has 1 aromatic rings. The Hall–Kier alpha value is -2.97. The van der Waals surface area contributed by atoms with E-state index in [9.17, 15) is 24.5 Å². The molecule has 2 unspecified atom stereocenters. The van der Waals surface area contributed by atoms with Crippen molar-refractivity contribution in [2.75, 3.05) is 6.54 Å². The normalized spacial score (nSPS) is 20.0. The first-order chi connectivity index (χ1) is 13.5. The molecular formula is C20H28N4O5. The van der Waals surface area contributed by atoms with E-state index in [-0.39, 0.29) is 18.3 Å². The number of benzene rings is 1. The predicted molar refractivity (Wildman–Crippen MR) is 107 cm³/mol. The summed E-state index contributed by atoms with van der Waals surface area (Å²) >= 11 is 0. The number of nitro groups is 1. The van der Waals surface area contributed by atoms with Crippen molar-refractivity contribution in [3.63, 3.8) is 0 Å². The van der Waals surface area contributed by atoms with Crippen LogP contribution in [0, 0.1) is 16.0 Å². The maximum Gasteiger partial charge on any atom is 0.325 e. The minimum Gasteiger partial charge on any atom is -0.352 e. The van der Waals surface area contributed by atoms with Gasteiger partial charge in [0.1, 0.15) is 12.1 Å². The molecule has 0 saturated carbocycles. The van der Waals surface area contributed by atoms with E-state index in [1.807, 2.05) is 6.92 Å². The van der Waals surface area contributed by atoms with E-state index in [0.29, 0.717) is 11.5 Å². The number of nitro benzene ring substituents is 1. The maximum absolute atomic E-state index is 12.9. The molecule has 29 heavy (non-hydrogen) atoms. The SMILES string of the molecule is CC(C)CCCC(C)NC(=O)CN1C(=O)NC(C)(c2ccc([N+](=O)[O-])cc2)C1=O. The van der Waals surface area contributed by atoms with Gasteiger partial charge in [-0.25, -0.2) is 4.79 Å². The molecule has 9 nitrogen and oxygen atoms in total. The quantitative estimate of drug-likeness (QED) is 0.372. The summed E-state index contributed by atoms with van der Waals surface area (Å²) in [5.41, 5.74) is -1.08. The molecule has 0 aliphatic carbocycles. The van der Waals surface area contributed by atoms with Crippen LogP contribution in [0.1, 0.15) is 52.5 Å². The highest BCUT2D eigenvalue weighted by Gasteiger charge is 2.49. The molecule has 4 amide bonds. The number of amides is 4. The van der Waals surface area contributed by atoms with Crippen molar-refractivity contribution in [3.8, 4) is 0 Å². The summed E-state index contributed by atoms with van der Waals surface area (Å²) in [6.45, 7) is 7.32. The van der Waals surface area contributed by atoms with Crippen molar-refractivity contribution < 1.29 is 19.3 Å². The number of urea groups is 1. The predicted octanol–water partition coefficient (Wildman–Crippen LogP) is 2.69. The zero-order valence-electron chi connectivity index (χ0n) is 17.2. The highest BCUT2D eigenvalue weighted by molar-refractivity contribution is 6.09. The van der Waals surface area contributed by atoms with Gasteiger partial charge < -0.3 is 10.6 Å². The molecule has 0 spiro atoms. The van der Waals surface area contributed by atoms with Crippen LogP contribution in [0.2, 0.25) is 0 Å². The van der Waals surface area contributed by atoms with Crippen LogP contribution in [0.5, 0.6) is 0 Å². The van der Waals surface area contributed by atoms with Crippen molar-refractivity contribution in [3.05, 3.63) is 39.9 Å². The Labute approximate surface area is 170 Å². The van der Waals surface area contributed by atoms with Gasteiger partial charge in [-0.15, -0.1) is 0 Å². The number of carbonyl (C=O) groups excluding carboxylic acids is 3. The van der Waals surface area contributed by atoms with Crippen LogP contribution in [-0.4, -0.2) is 40.3 Å². The highest BCUT2D eigenvalue weighted by atomic mass is 16.6. The van der Waals surface area contributed by atoms with Crippen LogP contribution in [0.4, 0.5) is 10.5 Å². The lowest BCUT2D eigenvalue weighted by Gasteiger charge is -2.22. The zero-order valence-corrected chi connectivity index (χ0v) is 17.2. The average molecular weight is 404 g/mol. The third kappa shape index (κ3) is 5.30. The number of non-ortho nitro benzene ring substituents is 1. The van der Waals surface area contributed by atoms with Crippen LogP contribution in [0.3, 0.4) is 0 Å². The lowest BCUT2D eigenvalue weighted by Crippen LogP contribution is -2.45. The van der Waals surface area contributed by atoms with Crippen LogP contribution in [0.25, 0.3) is 0 Å². The van der Waals surface area contributed by atoms with Crippen molar-refractivity contribution in [2.24, 2.45) is 5.92 Å². The molecule has 2 atom stereocenters. The monoisotopic (exact) mass is 404 g/mol. The third-order valence-electron chi connectivity index (χ3n) is 5.06. The number of hydrogen-bond acceptors (Lipinski definition) is 5. The minimum atomic E-state index is -1.38. The van der Waals surface area contributed by atoms with E-state index < -0.39 is 28.3 Å². The molecule has 0 aromatic heterocycles. The largest absolute Gasteiger partial charge is 0.352 e. The molecular weight excluding hydrogens is 376 g/mol. The van der Waals surface area contributed by atoms with Crippen molar-refractivity contribution in [2.45, 2.75) is 58.5 Å². The van der Waals surface area contributed by atoms with Gasteiger partial charge in [-0.1, -0.05) is 26.7 Å². The summed E-state index contributed by atoms with van der Waals surface area (Å²) in [6.07, 6.45) is 2.88. The summed E-state index contributed by atoms with van der Waals surface area (Å²) in [4.78, 5) is 48.6. The van der Waals surface area contributed by atoms with Crippen molar-refractivity contribution >= 4 is 23.5 Å². The van der Waals surface area contributed by atoms with E-state index in [4.69, 9.17) is 0 Å². The van der Waals surface area contributed by atoms with E-state index in [1.165, 1.54) is 31.2 Å². The van der Waals surface area contributed by atoms with Crippen molar-refractivity contribution in [1.29, 1.82) is 0 Å². The number of rotatable bonds is 9. The first-order valence-corrected chi connectivity index (χ1v) is 9.73. The van der Waals surface area contributed by atoms with Crippen LogP contribution in [0.15, 0.2) is 24.3 Å². The van der Waals surface area contributed by atoms with Crippen LogP contribution < -0.4 is 10.6 Å². The second kappa shape index (κ2) is 9.02. The first-order valence-electron chi connectivity index (χ1n) is 9.73. The van der Waals surface area contributed by atoms with Gasteiger partial charge in [0, 0.05) is 18.2 Å². The molecule has 9 heteroatoms. The molecule has 1 aliphatic heterocycles. The van der Waals surface area contributed by atoms with Crippen molar-refractivity contribution in [1.82, 2.24) is 15.5 Å². The van der Waals surface area contributed by atoms with Crippen LogP contribution >= 0.6 is 0 Å². The number of imide groups is 1. The van der Waals surface area contributed by atoms with Gasteiger partial charge in [-0.05, 0) is 43.9 Å². The Bertz CT molecular complexity index is 793. The maximum atomic E-state index is 12.9. The zero-order chi connectivity index (χ0) is 21.8. The highest BCUT2D eigenvalue weighted by Crippen LogP contribution is 2.29. The molecule has 2 rings (SSSR count). The lowest BCUT2D eigenvalue weighted by atomic mass is 9.92. The number of nitrogens with zero attached hydrogens (tertiary/aromatic N) is 2. The van der Waals surface area contributed by atoms with E-state index in [2.05, 4.69) is 24.5 Å². The third-order valence-corrected chi connectivity index (χ3v) is 5.06. The summed E-state index contributed by atoms with van der Waals surface area (Å²) < 4.78 is 0. The fourth-order valence-electron chi connectivity index (χ4n) is 3.32. The van der Waals surface area contributed by atoms with Gasteiger partial charge >= 0.3 is 6.03 Å². The number of hydrogen-bond donors (Lipinski definition) is 2. The summed E-state index contributed by atoms with van der Waals surface area (Å²) in [7, 11) is 0. The fraction of sp³-hybridized carbons (Fsp3) is 0.550. The lowest BCUT2D eigenvalue weighted by molar-refractivity contribution is -0.384. The Kier molecular flexibility index (Phi) is 6.94. The van der Waals surface area contributed by atoms with E-state index in [1.54, 1.807) is 0 Å². The first kappa shape index (κ1) is 22.3. The molecule has 0 bridgehead atoms. The van der Waals surface area contributed by atoms with Gasteiger partial charge in [0.2, 0.25) is 5.91 Å². The van der Waals surface area contributed by atoms with Gasteiger partial charge in [-0.3, -0.25) is 24.6 Å². The molecule has 158 valence electrons. The minimum absolute atomic E-state index is 0.0527. The summed E-state index contributed by atoms with van der Waals surface area (Å²) in [5.74, 6) is -0.377. The Morgan fingerprint density at radius 3 is 2.38 bits per heavy atom. The Morgan fingerprint density at radius 1 is 1.21 bits per heavy atom. The molecule has 0 radical (unpaired) electrons. The number of carbonyl (C=O) groups is 3. The molecule has 2 N–H and O–H groups in total. The standard InChI is InChI=1S/C20H28N4O5/c1-13(2)6-5-7-14(3)21-17(25)12-23-18(26)20(4,22-19(23)27)15-8-10-16(11-9-15)24(28)29/h8-11,13-14H,5-7,12H2,1-4H3,(H,21,25)(H,22,27). The summed E-state index contributed by atoms with van der Waals surface area (Å²) in [5, 5.41) is 16.2. The second-order valence-corrected chi connectivity index (χ2v) is 8.04. The average Bonchev–Trinajstić information content (AvgIpc) is 2.85. The molecule has 1 fully saturated rings. The smallest absolute Gasteiger partial charge is 0.325 e. The van der Waals surface area contributed by atoms with E-state index in [0.717, 1.165) is 24.2 Å². The molecule has 1 heterocycles. The van der Waals surface area contributed by atoms with Crippen LogP contribution in [-0.2, 0) is 15.1 Å². The van der Waals surface area contributed by atoms with Gasteiger partial charge in [-0.2, -0.15) is 0 Å². The Morgan fingerprint density at radius 2 is 1.83 bits per heavy atom. The Balaban J connectivity index is 2.00. The van der Waals surface area contributed by atoms with Gasteiger partial charge in [0.05, 0.1) is 4.92 Å². The number of nitrogens with one attached hydrogen (secondary N) is 2. The molecule has 1 saturated heterocycles.